The SMILES string of the molecule is Cc1cc2ncc3c(n2n1)CC(c1ccc(C(C)C)cc1)CC3=O. The van der Waals surface area contributed by atoms with Crippen LogP contribution >= 0.6 is 0 Å². The summed E-state index contributed by atoms with van der Waals surface area (Å²) in [6.07, 6.45) is 3.08. The zero-order valence-corrected chi connectivity index (χ0v) is 14.3. The van der Waals surface area contributed by atoms with Gasteiger partial charge in [-0.3, -0.25) is 4.79 Å². The second kappa shape index (κ2) is 5.55. The van der Waals surface area contributed by atoms with Gasteiger partial charge >= 0.3 is 0 Å². The van der Waals surface area contributed by atoms with E-state index in [0.29, 0.717) is 12.3 Å². The first kappa shape index (κ1) is 15.1. The predicted octanol–water partition coefficient (Wildman–Crippen LogP) is 4.07. The van der Waals surface area contributed by atoms with Crippen molar-refractivity contribution in [2.45, 2.75) is 45.4 Å². The number of nitrogens with zero attached hydrogens (tertiary/aromatic N) is 3. The van der Waals surface area contributed by atoms with Crippen molar-refractivity contribution in [2.75, 3.05) is 0 Å². The van der Waals surface area contributed by atoms with E-state index in [2.05, 4.69) is 48.2 Å². The number of hydrogen-bond acceptors (Lipinski definition) is 3. The van der Waals surface area contributed by atoms with Gasteiger partial charge in [0.25, 0.3) is 0 Å². The van der Waals surface area contributed by atoms with Crippen LogP contribution in [0.5, 0.6) is 0 Å². The fourth-order valence-electron chi connectivity index (χ4n) is 3.55. The number of carbonyl (C=O) groups excluding carboxylic acids is 1. The van der Waals surface area contributed by atoms with Crippen molar-refractivity contribution in [1.82, 2.24) is 14.6 Å². The highest BCUT2D eigenvalue weighted by Gasteiger charge is 2.29. The average molecular weight is 319 g/mol. The number of Topliss-reactive ketones (excluding diaryl/α,β-unsaturated/α-hetero) is 1. The van der Waals surface area contributed by atoms with Crippen LogP contribution in [0.25, 0.3) is 5.65 Å². The van der Waals surface area contributed by atoms with Crippen LogP contribution < -0.4 is 0 Å². The fourth-order valence-corrected chi connectivity index (χ4v) is 3.55. The summed E-state index contributed by atoms with van der Waals surface area (Å²) in [5.74, 6) is 0.892. The maximum absolute atomic E-state index is 12.6. The van der Waals surface area contributed by atoms with Crippen LogP contribution in [0.2, 0.25) is 0 Å². The summed E-state index contributed by atoms with van der Waals surface area (Å²) in [5, 5.41) is 4.53. The maximum Gasteiger partial charge on any atom is 0.166 e. The largest absolute Gasteiger partial charge is 0.294 e. The molecule has 4 nitrogen and oxygen atoms in total. The minimum Gasteiger partial charge on any atom is -0.294 e. The second-order valence-electron chi connectivity index (χ2n) is 7.02. The van der Waals surface area contributed by atoms with Crippen LogP contribution in [0, 0.1) is 6.92 Å². The predicted molar refractivity (Wildman–Crippen MR) is 93.6 cm³/mol. The van der Waals surface area contributed by atoms with Gasteiger partial charge in [-0.2, -0.15) is 5.10 Å². The fraction of sp³-hybridized carbons (Fsp3) is 0.350. The van der Waals surface area contributed by atoms with Crippen molar-refractivity contribution in [2.24, 2.45) is 0 Å². The van der Waals surface area contributed by atoms with Crippen LogP contribution in [0.1, 0.15) is 65.0 Å². The standard InChI is InChI=1S/C20H21N3O/c1-12(2)14-4-6-15(7-5-14)16-9-18-17(19(24)10-16)11-21-20-8-13(3)22-23(18)20/h4-8,11-12,16H,9-10H2,1-3H3. The number of aromatic nitrogens is 3. The summed E-state index contributed by atoms with van der Waals surface area (Å²) in [7, 11) is 0. The molecule has 1 atom stereocenters. The topological polar surface area (TPSA) is 47.3 Å². The van der Waals surface area contributed by atoms with Gasteiger partial charge in [-0.15, -0.1) is 0 Å². The maximum atomic E-state index is 12.6. The molecular weight excluding hydrogens is 298 g/mol. The van der Waals surface area contributed by atoms with Crippen molar-refractivity contribution in [3.05, 3.63) is 64.6 Å². The average Bonchev–Trinajstić information content (AvgIpc) is 2.95. The summed E-state index contributed by atoms with van der Waals surface area (Å²) in [4.78, 5) is 17.0. The molecule has 4 rings (SSSR count). The Kier molecular flexibility index (Phi) is 3.48. The summed E-state index contributed by atoms with van der Waals surface area (Å²) in [6.45, 7) is 6.34. The molecule has 0 bridgehead atoms. The molecule has 0 saturated carbocycles. The van der Waals surface area contributed by atoms with E-state index in [1.165, 1.54) is 11.1 Å². The number of aryl methyl sites for hydroxylation is 1. The lowest BCUT2D eigenvalue weighted by atomic mass is 9.81. The third kappa shape index (κ3) is 2.42. The molecule has 1 aromatic carbocycles. The van der Waals surface area contributed by atoms with E-state index in [9.17, 15) is 4.79 Å². The lowest BCUT2D eigenvalue weighted by molar-refractivity contribution is 0.0962. The molecule has 1 aliphatic carbocycles. The Labute approximate surface area is 141 Å². The highest BCUT2D eigenvalue weighted by Crippen LogP contribution is 2.33. The monoisotopic (exact) mass is 319 g/mol. The molecule has 0 fully saturated rings. The van der Waals surface area contributed by atoms with E-state index in [4.69, 9.17) is 0 Å². The van der Waals surface area contributed by atoms with E-state index >= 15 is 0 Å². The summed E-state index contributed by atoms with van der Waals surface area (Å²) in [5.41, 5.74) is 6.01. The molecule has 2 heterocycles. The van der Waals surface area contributed by atoms with Crippen LogP contribution in [0.3, 0.4) is 0 Å². The van der Waals surface area contributed by atoms with E-state index in [1.807, 2.05) is 17.5 Å². The molecule has 0 N–H and O–H groups in total. The van der Waals surface area contributed by atoms with E-state index in [1.54, 1.807) is 6.20 Å². The molecule has 1 aliphatic rings. The number of fused-ring (bicyclic) bond motifs is 3. The normalized spacial score (nSPS) is 17.5. The Hall–Kier alpha value is -2.49. The Bertz CT molecular complexity index is 922. The molecule has 0 spiro atoms. The molecular formula is C20H21N3O. The molecule has 24 heavy (non-hydrogen) atoms. The summed E-state index contributed by atoms with van der Waals surface area (Å²) >= 11 is 0. The highest BCUT2D eigenvalue weighted by molar-refractivity contribution is 5.98. The smallest absolute Gasteiger partial charge is 0.166 e. The van der Waals surface area contributed by atoms with Gasteiger partial charge in [0, 0.05) is 18.7 Å². The number of hydrogen-bond donors (Lipinski definition) is 0. The van der Waals surface area contributed by atoms with Crippen molar-refractivity contribution in [3.8, 4) is 0 Å². The molecule has 0 saturated heterocycles. The van der Waals surface area contributed by atoms with Gasteiger partial charge in [-0.05, 0) is 36.3 Å². The van der Waals surface area contributed by atoms with Crippen LogP contribution in [-0.2, 0) is 6.42 Å². The van der Waals surface area contributed by atoms with E-state index in [0.717, 1.165) is 29.0 Å². The summed E-state index contributed by atoms with van der Waals surface area (Å²) < 4.78 is 1.84. The third-order valence-corrected chi connectivity index (χ3v) is 4.95. The van der Waals surface area contributed by atoms with Crippen LogP contribution in [0.15, 0.2) is 36.5 Å². The molecule has 3 aromatic rings. The van der Waals surface area contributed by atoms with Crippen molar-refractivity contribution in [3.63, 3.8) is 0 Å². The first-order chi connectivity index (χ1) is 11.5. The van der Waals surface area contributed by atoms with E-state index < -0.39 is 0 Å². The summed E-state index contributed by atoms with van der Waals surface area (Å²) in [6, 6.07) is 10.7. The zero-order chi connectivity index (χ0) is 16.8. The van der Waals surface area contributed by atoms with Gasteiger partial charge in [0.1, 0.15) is 0 Å². The molecule has 122 valence electrons. The molecule has 0 aliphatic heterocycles. The van der Waals surface area contributed by atoms with Gasteiger partial charge in [-0.1, -0.05) is 38.1 Å². The molecule has 0 radical (unpaired) electrons. The Balaban J connectivity index is 1.74. The zero-order valence-electron chi connectivity index (χ0n) is 14.3. The van der Waals surface area contributed by atoms with Gasteiger partial charge in [-0.25, -0.2) is 9.50 Å². The molecule has 1 unspecified atom stereocenters. The number of carbonyl (C=O) groups is 1. The number of benzene rings is 1. The second-order valence-corrected chi connectivity index (χ2v) is 7.02. The first-order valence-corrected chi connectivity index (χ1v) is 8.50. The van der Waals surface area contributed by atoms with Crippen LogP contribution in [-0.4, -0.2) is 20.4 Å². The molecule has 2 aromatic heterocycles. The van der Waals surface area contributed by atoms with Crippen molar-refractivity contribution < 1.29 is 4.79 Å². The Morgan fingerprint density at radius 1 is 1.17 bits per heavy atom. The van der Waals surface area contributed by atoms with Crippen LogP contribution in [0.4, 0.5) is 0 Å². The number of ketones is 1. The Morgan fingerprint density at radius 2 is 1.92 bits per heavy atom. The first-order valence-electron chi connectivity index (χ1n) is 8.50. The van der Waals surface area contributed by atoms with Gasteiger partial charge in [0.2, 0.25) is 0 Å². The lowest BCUT2D eigenvalue weighted by Gasteiger charge is -2.24. The minimum atomic E-state index is 0.164. The molecule has 4 heteroatoms. The highest BCUT2D eigenvalue weighted by atomic mass is 16.1. The van der Waals surface area contributed by atoms with Gasteiger partial charge < -0.3 is 0 Å². The van der Waals surface area contributed by atoms with E-state index in [-0.39, 0.29) is 11.7 Å². The minimum absolute atomic E-state index is 0.164. The third-order valence-electron chi connectivity index (χ3n) is 4.95. The molecule has 0 amide bonds. The number of rotatable bonds is 2. The van der Waals surface area contributed by atoms with Gasteiger partial charge in [0.05, 0.1) is 17.0 Å². The quantitative estimate of drug-likeness (QED) is 0.715. The van der Waals surface area contributed by atoms with Crippen molar-refractivity contribution in [1.29, 1.82) is 0 Å². The van der Waals surface area contributed by atoms with Crippen molar-refractivity contribution >= 4 is 11.4 Å². The lowest BCUT2D eigenvalue weighted by Crippen LogP contribution is -2.22. The Morgan fingerprint density at radius 3 is 2.62 bits per heavy atom. The van der Waals surface area contributed by atoms with Gasteiger partial charge in [0.15, 0.2) is 11.4 Å².